The maximum Gasteiger partial charge on any atom is 0.337 e. The van der Waals surface area contributed by atoms with Crippen LogP contribution in [0.3, 0.4) is 0 Å². The Kier molecular flexibility index (Phi) is 3.79. The largest absolute Gasteiger partial charge is 0.465 e. The predicted molar refractivity (Wildman–Crippen MR) is 78.1 cm³/mol. The molecule has 0 N–H and O–H groups in total. The number of allylic oxidation sites excluding steroid dienone is 2. The average molecular weight is 258 g/mol. The lowest BCUT2D eigenvalue weighted by Crippen LogP contribution is -2.17. The molecular weight excluding hydrogens is 236 g/mol. The summed E-state index contributed by atoms with van der Waals surface area (Å²) in [6.45, 7) is 6.66. The van der Waals surface area contributed by atoms with Gasteiger partial charge in [0, 0.05) is 0 Å². The van der Waals surface area contributed by atoms with Crippen molar-refractivity contribution in [2.24, 2.45) is 5.41 Å². The second-order valence-electron chi connectivity index (χ2n) is 5.92. The molecule has 2 nitrogen and oxygen atoms in total. The molecule has 0 spiro atoms. The number of methoxy groups -OCH3 is 1. The number of aryl methyl sites for hydroxylation is 1. The molecule has 0 saturated carbocycles. The normalized spacial score (nSPS) is 17.8. The molecule has 2 heteroatoms. The number of carbonyl (C=O) groups excluding carboxylic acids is 1. The van der Waals surface area contributed by atoms with Crippen molar-refractivity contribution in [3.8, 4) is 0 Å². The van der Waals surface area contributed by atoms with E-state index in [1.807, 2.05) is 12.1 Å². The summed E-state index contributed by atoms with van der Waals surface area (Å²) >= 11 is 0. The summed E-state index contributed by atoms with van der Waals surface area (Å²) in [4.78, 5) is 11.5. The SMILES string of the molecule is COC(=O)c1ccc(C2=CCCCC2(C)C)c(C)c1. The van der Waals surface area contributed by atoms with E-state index < -0.39 is 0 Å². The van der Waals surface area contributed by atoms with Crippen LogP contribution in [-0.2, 0) is 4.74 Å². The second kappa shape index (κ2) is 5.20. The first-order valence-corrected chi connectivity index (χ1v) is 6.86. The summed E-state index contributed by atoms with van der Waals surface area (Å²) in [7, 11) is 1.42. The number of carbonyl (C=O) groups is 1. The van der Waals surface area contributed by atoms with Crippen molar-refractivity contribution in [1.82, 2.24) is 0 Å². The molecule has 2 rings (SSSR count). The molecule has 0 aliphatic heterocycles. The number of hydrogen-bond acceptors (Lipinski definition) is 2. The maximum atomic E-state index is 11.5. The number of hydrogen-bond donors (Lipinski definition) is 0. The zero-order valence-corrected chi connectivity index (χ0v) is 12.2. The van der Waals surface area contributed by atoms with Crippen molar-refractivity contribution in [3.05, 3.63) is 41.0 Å². The van der Waals surface area contributed by atoms with Gasteiger partial charge in [-0.05, 0) is 60.4 Å². The first-order valence-electron chi connectivity index (χ1n) is 6.86. The van der Waals surface area contributed by atoms with Gasteiger partial charge in [-0.2, -0.15) is 0 Å². The zero-order chi connectivity index (χ0) is 14.0. The number of benzene rings is 1. The molecule has 1 aliphatic carbocycles. The predicted octanol–water partition coefficient (Wildman–Crippen LogP) is 4.38. The summed E-state index contributed by atoms with van der Waals surface area (Å²) in [5, 5.41) is 0. The Balaban J connectivity index is 2.41. The Hall–Kier alpha value is -1.57. The van der Waals surface area contributed by atoms with Crippen LogP contribution < -0.4 is 0 Å². The van der Waals surface area contributed by atoms with E-state index in [0.717, 1.165) is 12.0 Å². The van der Waals surface area contributed by atoms with Gasteiger partial charge in [0.05, 0.1) is 12.7 Å². The molecule has 0 bridgehead atoms. The molecule has 0 heterocycles. The first kappa shape index (κ1) is 13.9. The highest BCUT2D eigenvalue weighted by Crippen LogP contribution is 2.43. The van der Waals surface area contributed by atoms with Crippen LogP contribution in [0.5, 0.6) is 0 Å². The van der Waals surface area contributed by atoms with Crippen LogP contribution in [0.1, 0.15) is 54.6 Å². The fourth-order valence-corrected chi connectivity index (χ4v) is 2.89. The van der Waals surface area contributed by atoms with E-state index in [1.165, 1.54) is 31.1 Å². The molecule has 0 aromatic heterocycles. The van der Waals surface area contributed by atoms with E-state index in [4.69, 9.17) is 4.74 Å². The molecule has 1 aliphatic rings. The van der Waals surface area contributed by atoms with Gasteiger partial charge in [0.2, 0.25) is 0 Å². The van der Waals surface area contributed by atoms with Crippen molar-refractivity contribution < 1.29 is 9.53 Å². The van der Waals surface area contributed by atoms with Crippen LogP contribution in [0.25, 0.3) is 5.57 Å². The smallest absolute Gasteiger partial charge is 0.337 e. The molecule has 1 aromatic rings. The summed E-state index contributed by atoms with van der Waals surface area (Å²) in [5.74, 6) is -0.272. The summed E-state index contributed by atoms with van der Waals surface area (Å²) in [6, 6.07) is 5.84. The molecular formula is C17H22O2. The number of rotatable bonds is 2. The Morgan fingerprint density at radius 2 is 2.05 bits per heavy atom. The molecule has 0 fully saturated rings. The fraction of sp³-hybridized carbons (Fsp3) is 0.471. The van der Waals surface area contributed by atoms with Crippen molar-refractivity contribution in [3.63, 3.8) is 0 Å². The second-order valence-corrected chi connectivity index (χ2v) is 5.92. The van der Waals surface area contributed by atoms with E-state index in [0.29, 0.717) is 5.56 Å². The van der Waals surface area contributed by atoms with Crippen LogP contribution in [0.15, 0.2) is 24.3 Å². The molecule has 19 heavy (non-hydrogen) atoms. The Bertz CT molecular complexity index is 524. The number of esters is 1. The minimum atomic E-state index is -0.272. The highest BCUT2D eigenvalue weighted by molar-refractivity contribution is 5.90. The zero-order valence-electron chi connectivity index (χ0n) is 12.2. The monoisotopic (exact) mass is 258 g/mol. The molecule has 0 saturated heterocycles. The average Bonchev–Trinajstić information content (AvgIpc) is 2.38. The maximum absolute atomic E-state index is 11.5. The summed E-state index contributed by atoms with van der Waals surface area (Å²) in [5.41, 5.74) is 4.66. The highest BCUT2D eigenvalue weighted by atomic mass is 16.5. The lowest BCUT2D eigenvalue weighted by Gasteiger charge is -2.33. The molecule has 0 unspecified atom stereocenters. The van der Waals surface area contributed by atoms with Gasteiger partial charge in [-0.25, -0.2) is 4.79 Å². The standard InChI is InChI=1S/C17H22O2/c1-12-11-13(16(18)19-4)8-9-14(12)15-7-5-6-10-17(15,2)3/h7-9,11H,5-6,10H2,1-4H3. The summed E-state index contributed by atoms with van der Waals surface area (Å²) in [6.07, 6.45) is 5.98. The molecule has 102 valence electrons. The quantitative estimate of drug-likeness (QED) is 0.736. The minimum absolute atomic E-state index is 0.218. The van der Waals surface area contributed by atoms with Crippen molar-refractivity contribution in [1.29, 1.82) is 0 Å². The lowest BCUT2D eigenvalue weighted by atomic mass is 9.72. The van der Waals surface area contributed by atoms with E-state index >= 15 is 0 Å². The minimum Gasteiger partial charge on any atom is -0.465 e. The fourth-order valence-electron chi connectivity index (χ4n) is 2.89. The lowest BCUT2D eigenvalue weighted by molar-refractivity contribution is 0.0600. The van der Waals surface area contributed by atoms with Crippen molar-refractivity contribution >= 4 is 11.5 Å². The van der Waals surface area contributed by atoms with Gasteiger partial charge in [-0.3, -0.25) is 0 Å². The van der Waals surface area contributed by atoms with Gasteiger partial charge in [-0.15, -0.1) is 0 Å². The number of ether oxygens (including phenoxy) is 1. The first-order chi connectivity index (χ1) is 8.95. The highest BCUT2D eigenvalue weighted by Gasteiger charge is 2.27. The molecule has 1 aromatic carbocycles. The molecule has 0 atom stereocenters. The third-order valence-electron chi connectivity index (χ3n) is 4.02. The van der Waals surface area contributed by atoms with E-state index in [1.54, 1.807) is 0 Å². The van der Waals surface area contributed by atoms with Crippen LogP contribution in [0.4, 0.5) is 0 Å². The van der Waals surface area contributed by atoms with Gasteiger partial charge in [0.15, 0.2) is 0 Å². The Labute approximate surface area is 115 Å². The van der Waals surface area contributed by atoms with Crippen molar-refractivity contribution in [2.45, 2.75) is 40.0 Å². The summed E-state index contributed by atoms with van der Waals surface area (Å²) < 4.78 is 4.76. The van der Waals surface area contributed by atoms with Crippen LogP contribution in [-0.4, -0.2) is 13.1 Å². The van der Waals surface area contributed by atoms with Crippen LogP contribution in [0, 0.1) is 12.3 Å². The van der Waals surface area contributed by atoms with E-state index in [-0.39, 0.29) is 11.4 Å². The van der Waals surface area contributed by atoms with Crippen molar-refractivity contribution in [2.75, 3.05) is 7.11 Å². The van der Waals surface area contributed by atoms with E-state index in [2.05, 4.69) is 32.9 Å². The molecule has 0 radical (unpaired) electrons. The van der Waals surface area contributed by atoms with Gasteiger partial charge in [-0.1, -0.05) is 26.0 Å². The third-order valence-corrected chi connectivity index (χ3v) is 4.02. The van der Waals surface area contributed by atoms with E-state index in [9.17, 15) is 4.79 Å². The van der Waals surface area contributed by atoms with Gasteiger partial charge in [0.1, 0.15) is 0 Å². The van der Waals surface area contributed by atoms with Gasteiger partial charge in [0.25, 0.3) is 0 Å². The van der Waals surface area contributed by atoms with Gasteiger partial charge < -0.3 is 4.74 Å². The Morgan fingerprint density at radius 3 is 2.63 bits per heavy atom. The molecule has 0 amide bonds. The van der Waals surface area contributed by atoms with Gasteiger partial charge >= 0.3 is 5.97 Å². The van der Waals surface area contributed by atoms with Crippen LogP contribution in [0.2, 0.25) is 0 Å². The third kappa shape index (κ3) is 2.73. The topological polar surface area (TPSA) is 26.3 Å². The van der Waals surface area contributed by atoms with Crippen LogP contribution >= 0.6 is 0 Å². The Morgan fingerprint density at radius 1 is 1.32 bits per heavy atom.